The molecule has 20 valence electrons. The van der Waals surface area contributed by atoms with Gasteiger partial charge in [0.2, 0.25) is 0 Å². The third-order valence-electron chi connectivity index (χ3n) is 0. The smallest absolute Gasteiger partial charge is 0 e. The van der Waals surface area contributed by atoms with Gasteiger partial charge in [0.15, 0.2) is 0 Å². The van der Waals surface area contributed by atoms with Crippen LogP contribution in [0.1, 0.15) is 0 Å². The zero-order valence-corrected chi connectivity index (χ0v) is 14.5. The molecule has 0 aromatic carbocycles. The van der Waals surface area contributed by atoms with Gasteiger partial charge in [-0.25, -0.2) is 0 Å². The Bertz CT molecular complexity index is 8.00. The predicted molar refractivity (Wildman–Crippen MR) is 19.9 cm³/mol. The predicted octanol–water partition coefficient (Wildman–Crippen LogP) is -2.37. The topological polar surface area (TPSA) is 0 Å². The maximum absolute atomic E-state index is 0. The minimum absolute atomic E-state index is 0. The standard InChI is InChI=1S/Bi.Hg.In.Ti.6H. The van der Waals surface area contributed by atoms with E-state index in [2.05, 4.69) is 0 Å². The molecule has 4 heavy (non-hydrogen) atoms. The molecule has 0 spiro atoms. The fourth-order valence-electron chi connectivity index (χ4n) is 0. The molecule has 0 heterocycles. The third-order valence-corrected chi connectivity index (χ3v) is 0. The Labute approximate surface area is 99.2 Å². The molecule has 0 aromatic heterocycles. The van der Waals surface area contributed by atoms with Gasteiger partial charge in [0.25, 0.3) is 0 Å². The minimum Gasteiger partial charge on any atom is 0 e. The zero-order valence-electron chi connectivity index (χ0n) is 1.91. The van der Waals surface area contributed by atoms with Gasteiger partial charge in [-0.1, -0.05) is 0 Å². The van der Waals surface area contributed by atoms with E-state index in [-0.39, 0.29) is 101 Å². The van der Waals surface area contributed by atoms with Gasteiger partial charge in [0.05, 0.1) is 0 Å². The first-order valence-electron chi connectivity index (χ1n) is 0. The Morgan fingerprint density at radius 2 is 1.00 bits per heavy atom. The van der Waals surface area contributed by atoms with E-state index in [1.54, 1.807) is 0 Å². The molecule has 0 nitrogen and oxygen atoms in total. The maximum Gasteiger partial charge on any atom is 0 e. The van der Waals surface area contributed by atoms with E-state index in [0.717, 1.165) is 0 Å². The fraction of sp³-hybridized carbons (Fsp3) is 0. The van der Waals surface area contributed by atoms with Crippen LogP contribution in [0.15, 0.2) is 0 Å². The summed E-state index contributed by atoms with van der Waals surface area (Å²) in [4.78, 5) is 0. The molecule has 4 heteroatoms. The summed E-state index contributed by atoms with van der Waals surface area (Å²) in [6, 6.07) is 0. The molecule has 0 rings (SSSR count). The number of hydrogen-bond donors (Lipinski definition) is 0. The van der Waals surface area contributed by atoms with E-state index in [0.29, 0.717) is 0 Å². The van der Waals surface area contributed by atoms with Crippen LogP contribution in [0.2, 0.25) is 0 Å². The van der Waals surface area contributed by atoms with E-state index < -0.39 is 0 Å². The van der Waals surface area contributed by atoms with Crippen LogP contribution in [0.4, 0.5) is 0 Å². The molecule has 0 saturated carbocycles. The Morgan fingerprint density at radius 1 is 1.00 bits per heavy atom. The van der Waals surface area contributed by atoms with Crippen molar-refractivity contribution in [3.63, 3.8) is 0 Å². The maximum atomic E-state index is 0. The Balaban J connectivity index is 0. The van der Waals surface area contributed by atoms with Crippen molar-refractivity contribution in [2.45, 2.75) is 0 Å². The van der Waals surface area contributed by atoms with Crippen LogP contribution in [0.25, 0.3) is 0 Å². The molecular weight excluding hydrogens is 572 g/mol. The molecular formula is H6BiHgInTi. The summed E-state index contributed by atoms with van der Waals surface area (Å²) in [6.45, 7) is 0. The molecule has 0 aliphatic heterocycles. The summed E-state index contributed by atoms with van der Waals surface area (Å²) >= 11 is 0. The Hall–Kier alpha value is 3.40. The Morgan fingerprint density at radius 3 is 1.00 bits per heavy atom. The van der Waals surface area contributed by atoms with E-state index in [1.807, 2.05) is 0 Å². The van der Waals surface area contributed by atoms with Crippen LogP contribution in [0.3, 0.4) is 0 Å². The van der Waals surface area contributed by atoms with Gasteiger partial charge in [0.1, 0.15) is 0 Å². The van der Waals surface area contributed by atoms with Crippen LogP contribution in [0, 0.1) is 0 Å². The summed E-state index contributed by atoms with van der Waals surface area (Å²) in [6.07, 6.45) is 0. The van der Waals surface area contributed by atoms with Crippen molar-refractivity contribution in [2.75, 3.05) is 0 Å². The van der Waals surface area contributed by atoms with E-state index in [4.69, 9.17) is 0 Å². The average molecular weight is 578 g/mol. The molecule has 0 bridgehead atoms. The molecule has 0 aromatic rings. The molecule has 0 atom stereocenters. The van der Waals surface area contributed by atoms with E-state index in [1.165, 1.54) is 0 Å². The van der Waals surface area contributed by atoms with Crippen LogP contribution in [-0.2, 0) is 49.4 Å². The summed E-state index contributed by atoms with van der Waals surface area (Å²) in [5.74, 6) is 0. The molecule has 0 fully saturated rings. The first-order valence-corrected chi connectivity index (χ1v) is 0. The van der Waals surface area contributed by atoms with Gasteiger partial charge >= 0.3 is 52.0 Å². The summed E-state index contributed by atoms with van der Waals surface area (Å²) in [7, 11) is 0. The second-order valence-corrected chi connectivity index (χ2v) is 0. The summed E-state index contributed by atoms with van der Waals surface area (Å²) in [5.41, 5.74) is 0. The van der Waals surface area contributed by atoms with Gasteiger partial charge in [-0.05, 0) is 0 Å². The normalized spacial score (nSPS) is 0. The van der Waals surface area contributed by atoms with Crippen LogP contribution < -0.4 is 0 Å². The summed E-state index contributed by atoms with van der Waals surface area (Å²) < 4.78 is 0. The van der Waals surface area contributed by atoms with Crippen molar-refractivity contribution >= 4 is 52.0 Å². The number of hydrogen-bond acceptors (Lipinski definition) is 0. The van der Waals surface area contributed by atoms with Gasteiger partial charge in [-0.15, -0.1) is 0 Å². The van der Waals surface area contributed by atoms with Gasteiger partial charge in [-0.3, -0.25) is 0 Å². The Kier molecular flexibility index (Phi) is 106. The first-order chi connectivity index (χ1) is 0. The van der Waals surface area contributed by atoms with Gasteiger partial charge in [-0.2, -0.15) is 0 Å². The second-order valence-electron chi connectivity index (χ2n) is 0. The molecule has 0 amide bonds. The molecule has 0 N–H and O–H groups in total. The molecule has 0 unspecified atom stereocenters. The van der Waals surface area contributed by atoms with E-state index >= 15 is 0 Å². The zero-order chi connectivity index (χ0) is 0. The molecule has 0 aliphatic carbocycles. The molecule has 0 radical (unpaired) electrons. The van der Waals surface area contributed by atoms with Crippen molar-refractivity contribution in [2.24, 2.45) is 0 Å². The third kappa shape index (κ3) is 9.04. The quantitative estimate of drug-likeness (QED) is 0.282. The fourth-order valence-corrected chi connectivity index (χ4v) is 0. The minimum atomic E-state index is 0. The monoisotopic (exact) mass is 580 g/mol. The van der Waals surface area contributed by atoms with Crippen LogP contribution in [0.5, 0.6) is 0 Å². The average Bonchev–Trinajstić information content (AvgIpc) is 0. The largest absolute Gasteiger partial charge is 0 e. The van der Waals surface area contributed by atoms with Crippen molar-refractivity contribution in [1.82, 2.24) is 0 Å². The van der Waals surface area contributed by atoms with Gasteiger partial charge in [0, 0.05) is 49.4 Å². The van der Waals surface area contributed by atoms with E-state index in [9.17, 15) is 0 Å². The second kappa shape index (κ2) is 16.1. The van der Waals surface area contributed by atoms with Crippen LogP contribution >= 0.6 is 0 Å². The van der Waals surface area contributed by atoms with Crippen molar-refractivity contribution in [1.29, 1.82) is 0 Å². The number of rotatable bonds is 0. The molecule has 0 aliphatic rings. The van der Waals surface area contributed by atoms with Crippen LogP contribution in [-0.4, -0.2) is 52.0 Å². The molecule has 0 saturated heterocycles. The van der Waals surface area contributed by atoms with Crippen molar-refractivity contribution in [3.8, 4) is 0 Å². The van der Waals surface area contributed by atoms with Gasteiger partial charge < -0.3 is 0 Å². The van der Waals surface area contributed by atoms with Crippen molar-refractivity contribution < 1.29 is 49.4 Å². The summed E-state index contributed by atoms with van der Waals surface area (Å²) in [5, 5.41) is 0. The van der Waals surface area contributed by atoms with Crippen molar-refractivity contribution in [3.05, 3.63) is 0 Å². The SMILES string of the molecule is [BiH3].[Hg].[InH3].[Ti]. The first kappa shape index (κ1) is 26.2.